The van der Waals surface area contributed by atoms with E-state index < -0.39 is 0 Å². The number of Topliss-reactive ketones (excluding diaryl/α,β-unsaturated/α-hetero) is 1. The standard InChI is InChI=1S/C41H70O/c1-3-5-7-9-11-13-15-17-19-21-23-25-27-29-33-40(37-41(38-40)35-31-39(42)32-36-41)34-30-28-26-24-22-20-18-16-14-12-10-8-6-4-2/h11-14,17-20H,3-10,15-16,21-38H2,1-2H3/b13-11-,14-12-,19-17-,20-18-. The van der Waals surface area contributed by atoms with E-state index in [1.165, 1.54) is 154 Å². The molecule has 240 valence electrons. The fourth-order valence-corrected chi connectivity index (χ4v) is 7.70. The van der Waals surface area contributed by atoms with Crippen LogP contribution < -0.4 is 0 Å². The number of carbonyl (C=O) groups is 1. The second-order valence-corrected chi connectivity index (χ2v) is 14.1. The Morgan fingerprint density at radius 3 is 1.29 bits per heavy atom. The van der Waals surface area contributed by atoms with Crippen LogP contribution in [0.3, 0.4) is 0 Å². The van der Waals surface area contributed by atoms with Crippen LogP contribution in [0.25, 0.3) is 0 Å². The van der Waals surface area contributed by atoms with E-state index in [0.29, 0.717) is 16.6 Å². The van der Waals surface area contributed by atoms with E-state index in [0.717, 1.165) is 25.7 Å². The number of unbranched alkanes of at least 4 members (excludes halogenated alkanes) is 14. The van der Waals surface area contributed by atoms with Crippen molar-refractivity contribution in [3.63, 3.8) is 0 Å². The van der Waals surface area contributed by atoms with Crippen LogP contribution in [0.2, 0.25) is 0 Å². The molecule has 0 atom stereocenters. The fraction of sp³-hybridized carbons (Fsp3) is 0.780. The molecule has 2 rings (SSSR count). The zero-order chi connectivity index (χ0) is 30.0. The maximum absolute atomic E-state index is 11.9. The van der Waals surface area contributed by atoms with Crippen LogP contribution in [0.5, 0.6) is 0 Å². The van der Waals surface area contributed by atoms with Gasteiger partial charge in [0, 0.05) is 12.8 Å². The van der Waals surface area contributed by atoms with Crippen LogP contribution in [0.4, 0.5) is 0 Å². The summed E-state index contributed by atoms with van der Waals surface area (Å²) in [4.78, 5) is 11.9. The van der Waals surface area contributed by atoms with E-state index in [1.807, 2.05) is 0 Å². The lowest BCUT2D eigenvalue weighted by molar-refractivity contribution is -0.131. The van der Waals surface area contributed by atoms with Gasteiger partial charge in [-0.15, -0.1) is 0 Å². The third-order valence-electron chi connectivity index (χ3n) is 10.2. The summed E-state index contributed by atoms with van der Waals surface area (Å²) in [7, 11) is 0. The van der Waals surface area contributed by atoms with Crippen LogP contribution in [-0.4, -0.2) is 5.78 Å². The molecule has 2 fully saturated rings. The van der Waals surface area contributed by atoms with Crippen LogP contribution >= 0.6 is 0 Å². The summed E-state index contributed by atoms with van der Waals surface area (Å²) < 4.78 is 0. The molecule has 0 N–H and O–H groups in total. The summed E-state index contributed by atoms with van der Waals surface area (Å²) >= 11 is 0. The zero-order valence-electron chi connectivity index (χ0n) is 28.3. The van der Waals surface area contributed by atoms with Crippen LogP contribution in [0.15, 0.2) is 48.6 Å². The highest BCUT2D eigenvalue weighted by atomic mass is 16.1. The van der Waals surface area contributed by atoms with Gasteiger partial charge >= 0.3 is 0 Å². The molecule has 1 nitrogen and oxygen atoms in total. The second kappa shape index (κ2) is 24.0. The number of ketones is 1. The lowest BCUT2D eigenvalue weighted by Crippen LogP contribution is -2.48. The predicted octanol–water partition coefficient (Wildman–Crippen LogP) is 13.7. The third-order valence-corrected chi connectivity index (χ3v) is 10.2. The van der Waals surface area contributed by atoms with Gasteiger partial charge < -0.3 is 0 Å². The number of hydrogen-bond acceptors (Lipinski definition) is 1. The van der Waals surface area contributed by atoms with E-state index in [1.54, 1.807) is 0 Å². The monoisotopic (exact) mass is 579 g/mol. The molecule has 0 saturated heterocycles. The molecule has 42 heavy (non-hydrogen) atoms. The first-order valence-electron chi connectivity index (χ1n) is 18.8. The van der Waals surface area contributed by atoms with E-state index in [2.05, 4.69) is 62.5 Å². The highest BCUT2D eigenvalue weighted by molar-refractivity contribution is 5.79. The SMILES string of the molecule is CCCCC/C=C\C/C=C\CCCCCCC1(CCCCCC/C=C\C/C=C\CCCCC)CC2(CCC(=O)CC2)C1. The Hall–Kier alpha value is -1.37. The van der Waals surface area contributed by atoms with Gasteiger partial charge in [-0.2, -0.15) is 0 Å². The Bertz CT molecular complexity index is 717. The molecule has 0 bridgehead atoms. The minimum atomic E-state index is 0.521. The molecule has 1 heteroatoms. The molecule has 0 aromatic rings. The Kier molecular flexibility index (Phi) is 21.0. The molecule has 0 aromatic carbocycles. The topological polar surface area (TPSA) is 17.1 Å². The second-order valence-electron chi connectivity index (χ2n) is 14.1. The van der Waals surface area contributed by atoms with Gasteiger partial charge in [0.2, 0.25) is 0 Å². The summed E-state index contributed by atoms with van der Waals surface area (Å²) in [6.07, 6.45) is 55.1. The molecule has 2 aliphatic carbocycles. The Labute approximate surface area is 263 Å². The van der Waals surface area contributed by atoms with Crippen molar-refractivity contribution >= 4 is 5.78 Å². The van der Waals surface area contributed by atoms with Gasteiger partial charge in [-0.25, -0.2) is 0 Å². The minimum absolute atomic E-state index is 0.521. The van der Waals surface area contributed by atoms with Crippen molar-refractivity contribution < 1.29 is 4.79 Å². The quantitative estimate of drug-likeness (QED) is 0.0737. The molecule has 0 aliphatic heterocycles. The van der Waals surface area contributed by atoms with Crippen LogP contribution in [-0.2, 0) is 4.79 Å². The highest BCUT2D eigenvalue weighted by Crippen LogP contribution is 2.64. The third kappa shape index (κ3) is 17.1. The number of allylic oxidation sites excluding steroid dienone is 8. The molecule has 2 saturated carbocycles. The van der Waals surface area contributed by atoms with Gasteiger partial charge in [-0.05, 0) is 114 Å². The maximum atomic E-state index is 11.9. The molecular formula is C41H70O. The zero-order valence-corrected chi connectivity index (χ0v) is 28.3. The van der Waals surface area contributed by atoms with Crippen LogP contribution in [0, 0.1) is 10.8 Å². The van der Waals surface area contributed by atoms with Gasteiger partial charge in [0.15, 0.2) is 0 Å². The largest absolute Gasteiger partial charge is 0.300 e. The van der Waals surface area contributed by atoms with E-state index >= 15 is 0 Å². The smallest absolute Gasteiger partial charge is 0.132 e. The minimum Gasteiger partial charge on any atom is -0.300 e. The molecule has 0 unspecified atom stereocenters. The molecule has 0 aromatic heterocycles. The molecule has 0 radical (unpaired) electrons. The van der Waals surface area contributed by atoms with Gasteiger partial charge in [-0.1, -0.05) is 127 Å². The highest BCUT2D eigenvalue weighted by Gasteiger charge is 2.53. The average molecular weight is 579 g/mol. The summed E-state index contributed by atoms with van der Waals surface area (Å²) in [6.45, 7) is 4.54. The summed E-state index contributed by atoms with van der Waals surface area (Å²) in [5.74, 6) is 0.521. The van der Waals surface area contributed by atoms with Gasteiger partial charge in [0.1, 0.15) is 5.78 Å². The van der Waals surface area contributed by atoms with E-state index in [4.69, 9.17) is 0 Å². The first-order chi connectivity index (χ1) is 20.6. The van der Waals surface area contributed by atoms with Gasteiger partial charge in [0.05, 0.1) is 0 Å². The molecule has 0 amide bonds. The van der Waals surface area contributed by atoms with Gasteiger partial charge in [-0.3, -0.25) is 4.79 Å². The predicted molar refractivity (Wildman–Crippen MR) is 187 cm³/mol. The number of carbonyl (C=O) groups excluding carboxylic acids is 1. The van der Waals surface area contributed by atoms with Crippen molar-refractivity contribution in [3.8, 4) is 0 Å². The van der Waals surface area contributed by atoms with Crippen molar-refractivity contribution in [2.24, 2.45) is 10.8 Å². The normalized spacial score (nSPS) is 18.4. The molecule has 0 heterocycles. The maximum Gasteiger partial charge on any atom is 0.132 e. The molecular weight excluding hydrogens is 508 g/mol. The number of hydrogen-bond donors (Lipinski definition) is 0. The van der Waals surface area contributed by atoms with Crippen molar-refractivity contribution in [1.82, 2.24) is 0 Å². The summed E-state index contributed by atoms with van der Waals surface area (Å²) in [5, 5.41) is 0. The molecule has 1 spiro atoms. The number of rotatable bonds is 26. The summed E-state index contributed by atoms with van der Waals surface area (Å²) in [6, 6.07) is 0. The fourth-order valence-electron chi connectivity index (χ4n) is 7.70. The Balaban J connectivity index is 1.57. The Morgan fingerprint density at radius 2 is 0.881 bits per heavy atom. The average Bonchev–Trinajstić information content (AvgIpc) is 2.98. The lowest BCUT2D eigenvalue weighted by Gasteiger charge is -2.59. The lowest BCUT2D eigenvalue weighted by atomic mass is 9.46. The molecule has 2 aliphatic rings. The van der Waals surface area contributed by atoms with Crippen molar-refractivity contribution in [2.75, 3.05) is 0 Å². The van der Waals surface area contributed by atoms with E-state index in [9.17, 15) is 4.79 Å². The van der Waals surface area contributed by atoms with E-state index in [-0.39, 0.29) is 0 Å². The van der Waals surface area contributed by atoms with Crippen molar-refractivity contribution in [2.45, 2.75) is 194 Å². The summed E-state index contributed by atoms with van der Waals surface area (Å²) in [5.41, 5.74) is 1.14. The first-order valence-corrected chi connectivity index (χ1v) is 18.8. The van der Waals surface area contributed by atoms with Crippen molar-refractivity contribution in [3.05, 3.63) is 48.6 Å². The Morgan fingerprint density at radius 1 is 0.500 bits per heavy atom. The first kappa shape index (κ1) is 36.8. The van der Waals surface area contributed by atoms with Gasteiger partial charge in [0.25, 0.3) is 0 Å². The van der Waals surface area contributed by atoms with Crippen molar-refractivity contribution in [1.29, 1.82) is 0 Å². The van der Waals surface area contributed by atoms with Crippen LogP contribution in [0.1, 0.15) is 194 Å².